The van der Waals surface area contributed by atoms with Crippen LogP contribution in [-0.4, -0.2) is 6.61 Å². The second-order valence-corrected chi connectivity index (χ2v) is 8.74. The summed E-state index contributed by atoms with van der Waals surface area (Å²) in [4.78, 5) is 0. The Hall–Kier alpha value is -2.12. The second-order valence-electron chi connectivity index (χ2n) is 8.74. The van der Waals surface area contributed by atoms with E-state index in [1.54, 1.807) is 0 Å². The van der Waals surface area contributed by atoms with Gasteiger partial charge in [0.25, 0.3) is 0 Å². The quantitative estimate of drug-likeness (QED) is 0.272. The molecule has 1 aliphatic carbocycles. The topological polar surface area (TPSA) is 9.23 Å². The number of rotatable bonds is 11. The van der Waals surface area contributed by atoms with Crippen LogP contribution in [0.1, 0.15) is 63.0 Å². The zero-order valence-corrected chi connectivity index (χ0v) is 18.7. The third kappa shape index (κ3) is 7.29. The molecule has 0 spiro atoms. The van der Waals surface area contributed by atoms with Gasteiger partial charge < -0.3 is 4.74 Å². The van der Waals surface area contributed by atoms with Crippen LogP contribution in [0.4, 0.5) is 0 Å². The molecule has 30 heavy (non-hydrogen) atoms. The van der Waals surface area contributed by atoms with Gasteiger partial charge in [-0.15, -0.1) is 6.58 Å². The Morgan fingerprint density at radius 1 is 0.867 bits per heavy atom. The molecule has 0 saturated heterocycles. The molecule has 1 heteroatoms. The lowest BCUT2D eigenvalue weighted by atomic mass is 9.80. The number of unbranched alkanes of at least 4 members (excludes halogenated alkanes) is 1. The van der Waals surface area contributed by atoms with Gasteiger partial charge in [-0.05, 0) is 79.5 Å². The largest absolute Gasteiger partial charge is 0.373 e. The molecular weight excluding hydrogens is 364 g/mol. The number of hydrogen-bond donors (Lipinski definition) is 0. The van der Waals surface area contributed by atoms with Crippen molar-refractivity contribution < 1.29 is 4.74 Å². The Balaban J connectivity index is 1.38. The highest BCUT2D eigenvalue weighted by molar-refractivity contribution is 5.63. The van der Waals surface area contributed by atoms with Gasteiger partial charge in [-0.3, -0.25) is 0 Å². The number of ether oxygens (including phenoxy) is 1. The first-order chi connectivity index (χ1) is 14.8. The van der Waals surface area contributed by atoms with Crippen LogP contribution in [0.2, 0.25) is 0 Å². The Labute approximate surface area is 183 Å². The SMILES string of the molecule is C=CC1CCC(CCCCc2ccc(-c3ccc(COCC=CC)cc3)cc2)CC1. The van der Waals surface area contributed by atoms with E-state index < -0.39 is 0 Å². The highest BCUT2D eigenvalue weighted by atomic mass is 16.5. The van der Waals surface area contributed by atoms with E-state index in [2.05, 4.69) is 61.2 Å². The third-order valence-corrected chi connectivity index (χ3v) is 6.51. The lowest BCUT2D eigenvalue weighted by Crippen LogP contribution is -2.12. The fourth-order valence-electron chi connectivity index (χ4n) is 4.47. The van der Waals surface area contributed by atoms with E-state index in [0.29, 0.717) is 13.2 Å². The van der Waals surface area contributed by atoms with Crippen molar-refractivity contribution in [1.82, 2.24) is 0 Å². The van der Waals surface area contributed by atoms with Crippen LogP contribution in [0, 0.1) is 11.8 Å². The van der Waals surface area contributed by atoms with Crippen molar-refractivity contribution in [2.75, 3.05) is 6.61 Å². The van der Waals surface area contributed by atoms with Gasteiger partial charge in [0.1, 0.15) is 0 Å². The van der Waals surface area contributed by atoms with E-state index in [1.165, 1.54) is 73.6 Å². The summed E-state index contributed by atoms with van der Waals surface area (Å²) in [6, 6.07) is 17.9. The molecule has 160 valence electrons. The summed E-state index contributed by atoms with van der Waals surface area (Å²) < 4.78 is 5.63. The Morgan fingerprint density at radius 3 is 2.10 bits per heavy atom. The fourth-order valence-corrected chi connectivity index (χ4v) is 4.47. The Morgan fingerprint density at radius 2 is 1.50 bits per heavy atom. The van der Waals surface area contributed by atoms with Gasteiger partial charge in [0.05, 0.1) is 13.2 Å². The summed E-state index contributed by atoms with van der Waals surface area (Å²) in [7, 11) is 0. The Bertz CT molecular complexity index is 761. The molecular formula is C29H38O. The molecule has 0 N–H and O–H groups in total. The summed E-state index contributed by atoms with van der Waals surface area (Å²) in [6.45, 7) is 7.31. The van der Waals surface area contributed by atoms with E-state index in [9.17, 15) is 0 Å². The third-order valence-electron chi connectivity index (χ3n) is 6.51. The minimum absolute atomic E-state index is 0.666. The average Bonchev–Trinajstić information content (AvgIpc) is 2.81. The highest BCUT2D eigenvalue weighted by Gasteiger charge is 2.18. The predicted molar refractivity (Wildman–Crippen MR) is 130 cm³/mol. The van der Waals surface area contributed by atoms with E-state index in [-0.39, 0.29) is 0 Å². The predicted octanol–water partition coefficient (Wildman–Crippen LogP) is 8.15. The molecule has 0 atom stereocenters. The maximum Gasteiger partial charge on any atom is 0.0721 e. The molecule has 1 nitrogen and oxygen atoms in total. The number of benzene rings is 2. The molecule has 1 aliphatic rings. The minimum atomic E-state index is 0.666. The van der Waals surface area contributed by atoms with Gasteiger partial charge in [0.15, 0.2) is 0 Å². The molecule has 0 aromatic heterocycles. The van der Waals surface area contributed by atoms with Crippen molar-refractivity contribution in [3.05, 3.63) is 84.5 Å². The number of aryl methyl sites for hydroxylation is 1. The molecule has 2 aromatic rings. The van der Waals surface area contributed by atoms with Crippen molar-refractivity contribution in [3.63, 3.8) is 0 Å². The van der Waals surface area contributed by atoms with Crippen LogP contribution in [0.15, 0.2) is 73.3 Å². The molecule has 0 amide bonds. The molecule has 2 aromatic carbocycles. The molecule has 0 radical (unpaired) electrons. The molecule has 1 saturated carbocycles. The van der Waals surface area contributed by atoms with Crippen molar-refractivity contribution >= 4 is 0 Å². The van der Waals surface area contributed by atoms with Gasteiger partial charge in [-0.1, -0.05) is 79.6 Å². The second kappa shape index (κ2) is 12.5. The van der Waals surface area contributed by atoms with Crippen LogP contribution < -0.4 is 0 Å². The summed E-state index contributed by atoms with van der Waals surface area (Å²) in [5, 5.41) is 0. The van der Waals surface area contributed by atoms with Gasteiger partial charge in [-0.25, -0.2) is 0 Å². The van der Waals surface area contributed by atoms with E-state index >= 15 is 0 Å². The standard InChI is InChI=1S/C29H38O/c1-3-5-22-30-23-27-16-20-29(21-17-27)28-18-14-26(15-19-28)9-7-6-8-25-12-10-24(4-2)11-13-25/h3-5,14-21,24-25H,2,6-13,22-23H2,1H3. The maximum atomic E-state index is 5.63. The first kappa shape index (κ1) is 22.6. The van der Waals surface area contributed by atoms with E-state index in [1.807, 2.05) is 19.1 Å². The normalized spacial score (nSPS) is 19.2. The zero-order chi connectivity index (χ0) is 21.0. The average molecular weight is 403 g/mol. The number of hydrogen-bond acceptors (Lipinski definition) is 1. The van der Waals surface area contributed by atoms with Crippen LogP contribution in [0.5, 0.6) is 0 Å². The van der Waals surface area contributed by atoms with Crippen LogP contribution in [-0.2, 0) is 17.8 Å². The van der Waals surface area contributed by atoms with Crippen molar-refractivity contribution in [2.24, 2.45) is 11.8 Å². The smallest absolute Gasteiger partial charge is 0.0721 e. The van der Waals surface area contributed by atoms with E-state index in [0.717, 1.165) is 11.8 Å². The van der Waals surface area contributed by atoms with Crippen molar-refractivity contribution in [2.45, 2.75) is 64.9 Å². The molecule has 0 heterocycles. The molecule has 1 fully saturated rings. The zero-order valence-electron chi connectivity index (χ0n) is 18.7. The summed E-state index contributed by atoms with van der Waals surface area (Å²) in [5.74, 6) is 1.74. The first-order valence-electron chi connectivity index (χ1n) is 11.8. The lowest BCUT2D eigenvalue weighted by molar-refractivity contribution is 0.148. The van der Waals surface area contributed by atoms with Crippen molar-refractivity contribution in [3.8, 4) is 11.1 Å². The first-order valence-corrected chi connectivity index (χ1v) is 11.8. The molecule has 0 bridgehead atoms. The summed E-state index contributed by atoms with van der Waals surface area (Å²) >= 11 is 0. The maximum absolute atomic E-state index is 5.63. The van der Waals surface area contributed by atoms with Crippen LogP contribution >= 0.6 is 0 Å². The van der Waals surface area contributed by atoms with Crippen molar-refractivity contribution in [1.29, 1.82) is 0 Å². The van der Waals surface area contributed by atoms with E-state index in [4.69, 9.17) is 4.74 Å². The van der Waals surface area contributed by atoms with Crippen LogP contribution in [0.25, 0.3) is 11.1 Å². The van der Waals surface area contributed by atoms with Gasteiger partial charge in [0, 0.05) is 0 Å². The molecule has 0 aliphatic heterocycles. The minimum Gasteiger partial charge on any atom is -0.373 e. The molecule has 3 rings (SSSR count). The van der Waals surface area contributed by atoms with Crippen LogP contribution in [0.3, 0.4) is 0 Å². The molecule has 0 unspecified atom stereocenters. The summed E-state index contributed by atoms with van der Waals surface area (Å²) in [5.41, 5.74) is 5.24. The van der Waals surface area contributed by atoms with Gasteiger partial charge in [0.2, 0.25) is 0 Å². The lowest BCUT2D eigenvalue weighted by Gasteiger charge is -2.26. The van der Waals surface area contributed by atoms with Gasteiger partial charge >= 0.3 is 0 Å². The number of allylic oxidation sites excluding steroid dienone is 2. The highest BCUT2D eigenvalue weighted by Crippen LogP contribution is 2.32. The monoisotopic (exact) mass is 402 g/mol. The van der Waals surface area contributed by atoms with Gasteiger partial charge in [-0.2, -0.15) is 0 Å². The Kier molecular flexibility index (Phi) is 9.44. The fraction of sp³-hybridized carbons (Fsp3) is 0.448. The summed E-state index contributed by atoms with van der Waals surface area (Å²) in [6.07, 6.45) is 17.0.